The number of aromatic hydroxyl groups is 1. The third-order valence-corrected chi connectivity index (χ3v) is 6.09. The number of halogens is 1. The Labute approximate surface area is 196 Å². The van der Waals surface area contributed by atoms with E-state index >= 15 is 0 Å². The second kappa shape index (κ2) is 8.61. The Morgan fingerprint density at radius 3 is 2.75 bits per heavy atom. The maximum atomic E-state index is 10.7. The predicted octanol–water partition coefficient (Wildman–Crippen LogP) is 4.86. The van der Waals surface area contributed by atoms with Gasteiger partial charge in [-0.3, -0.25) is 9.97 Å². The van der Waals surface area contributed by atoms with Gasteiger partial charge in [-0.25, -0.2) is 0 Å². The number of aromatic nitrogens is 3. The summed E-state index contributed by atoms with van der Waals surface area (Å²) in [6.45, 7) is 0.656. The molecule has 5 rings (SSSR count). The summed E-state index contributed by atoms with van der Waals surface area (Å²) in [6, 6.07) is 18.4. The van der Waals surface area contributed by atoms with Gasteiger partial charge < -0.3 is 19.9 Å². The number of pyridine rings is 2. The molecule has 8 heteroatoms. The van der Waals surface area contributed by atoms with Gasteiger partial charge in [0.2, 0.25) is 0 Å². The number of hydrogen-bond acceptors (Lipinski definition) is 4. The number of nitrogens with one attached hydrogen (secondary N) is 1. The third-order valence-electron chi connectivity index (χ3n) is 5.54. The summed E-state index contributed by atoms with van der Waals surface area (Å²) in [7, 11) is 0. The second-order valence-electron chi connectivity index (χ2n) is 7.55. The summed E-state index contributed by atoms with van der Waals surface area (Å²) in [6.07, 6.45) is 7.43. The maximum absolute atomic E-state index is 10.7. The molecule has 32 heavy (non-hydrogen) atoms. The van der Waals surface area contributed by atoms with Crippen LogP contribution in [0.25, 0.3) is 0 Å². The van der Waals surface area contributed by atoms with E-state index in [4.69, 9.17) is 23.8 Å². The lowest BCUT2D eigenvalue weighted by Gasteiger charge is -2.29. The summed E-state index contributed by atoms with van der Waals surface area (Å²) in [5.41, 5.74) is 3.52. The molecule has 2 N–H and O–H groups in total. The average molecular weight is 462 g/mol. The van der Waals surface area contributed by atoms with Gasteiger partial charge in [-0.15, -0.1) is 0 Å². The van der Waals surface area contributed by atoms with Gasteiger partial charge in [0, 0.05) is 42.0 Å². The van der Waals surface area contributed by atoms with E-state index in [0.717, 1.165) is 17.0 Å². The number of benzene rings is 1. The van der Waals surface area contributed by atoms with Crippen molar-refractivity contribution in [1.82, 2.24) is 19.9 Å². The summed E-state index contributed by atoms with van der Waals surface area (Å²) >= 11 is 12.0. The van der Waals surface area contributed by atoms with Gasteiger partial charge in [0.1, 0.15) is 11.8 Å². The molecule has 1 fully saturated rings. The molecule has 0 saturated carbocycles. The lowest BCUT2D eigenvalue weighted by molar-refractivity contribution is 0.471. The third kappa shape index (κ3) is 3.81. The van der Waals surface area contributed by atoms with E-state index in [9.17, 15) is 5.11 Å². The molecule has 0 aliphatic carbocycles. The predicted molar refractivity (Wildman–Crippen MR) is 129 cm³/mol. The van der Waals surface area contributed by atoms with Crippen molar-refractivity contribution in [2.75, 3.05) is 4.90 Å². The Morgan fingerprint density at radius 1 is 1.06 bits per heavy atom. The van der Waals surface area contributed by atoms with Gasteiger partial charge >= 0.3 is 0 Å². The van der Waals surface area contributed by atoms with E-state index in [0.29, 0.717) is 22.4 Å². The van der Waals surface area contributed by atoms with Gasteiger partial charge in [-0.1, -0.05) is 23.7 Å². The molecular formula is C24H20ClN5OS. The van der Waals surface area contributed by atoms with E-state index < -0.39 is 0 Å². The zero-order valence-corrected chi connectivity index (χ0v) is 18.5. The molecule has 0 unspecified atom stereocenters. The van der Waals surface area contributed by atoms with Crippen LogP contribution in [0.2, 0.25) is 5.02 Å². The molecule has 3 aromatic heterocycles. The number of anilines is 1. The lowest BCUT2D eigenvalue weighted by atomic mass is 10.0. The van der Waals surface area contributed by atoms with Crippen LogP contribution in [0.15, 0.2) is 85.5 Å². The van der Waals surface area contributed by atoms with Crippen LogP contribution in [0.5, 0.6) is 5.75 Å². The van der Waals surface area contributed by atoms with Crippen molar-refractivity contribution < 1.29 is 5.11 Å². The minimum absolute atomic E-state index is 0.107. The molecule has 4 aromatic rings. The Morgan fingerprint density at radius 2 is 1.97 bits per heavy atom. The van der Waals surface area contributed by atoms with E-state index in [1.165, 1.54) is 0 Å². The van der Waals surface area contributed by atoms with Crippen molar-refractivity contribution in [2.45, 2.75) is 18.6 Å². The molecule has 1 aliphatic rings. The molecule has 1 aromatic carbocycles. The van der Waals surface area contributed by atoms with Crippen molar-refractivity contribution in [1.29, 1.82) is 0 Å². The Balaban J connectivity index is 1.63. The van der Waals surface area contributed by atoms with Gasteiger partial charge in [-0.2, -0.15) is 0 Å². The second-order valence-corrected chi connectivity index (χ2v) is 8.38. The van der Waals surface area contributed by atoms with Gasteiger partial charge in [-0.05, 0) is 66.3 Å². The SMILES string of the molecule is Oc1ccc(Cl)cc1N1C(=S)N[C@@H](c2ccccn2)[C@H]1c1cccn1Cc1cccnc1. The van der Waals surface area contributed by atoms with E-state index in [2.05, 4.69) is 25.9 Å². The van der Waals surface area contributed by atoms with E-state index in [-0.39, 0.29) is 17.8 Å². The van der Waals surface area contributed by atoms with Crippen LogP contribution in [0, 0.1) is 0 Å². The number of thiocarbonyl (C=S) groups is 1. The molecule has 4 heterocycles. The van der Waals surface area contributed by atoms with Crippen LogP contribution >= 0.6 is 23.8 Å². The first-order chi connectivity index (χ1) is 15.6. The standard InChI is InChI=1S/C24H20ClN5OS/c25-17-8-9-21(31)20(13-17)30-23(22(28-24(30)32)18-6-1-2-11-27-18)19-7-4-12-29(19)15-16-5-3-10-26-14-16/h1-14,22-23,31H,15H2,(H,28,32)/t22-,23+/m0/s1. The largest absolute Gasteiger partial charge is 0.506 e. The van der Waals surface area contributed by atoms with E-state index in [1.54, 1.807) is 30.6 Å². The van der Waals surface area contributed by atoms with Crippen molar-refractivity contribution in [3.05, 3.63) is 107 Å². The highest BCUT2D eigenvalue weighted by Gasteiger charge is 2.42. The zero-order chi connectivity index (χ0) is 22.1. The van der Waals surface area contributed by atoms with Crippen molar-refractivity contribution in [3.63, 3.8) is 0 Å². The average Bonchev–Trinajstić information content (AvgIpc) is 3.40. The monoisotopic (exact) mass is 461 g/mol. The van der Waals surface area contributed by atoms with Crippen LogP contribution in [0.3, 0.4) is 0 Å². The number of phenols is 1. The quantitative estimate of drug-likeness (QED) is 0.414. The molecule has 0 spiro atoms. The molecule has 1 aliphatic heterocycles. The molecule has 1 saturated heterocycles. The topological polar surface area (TPSA) is 66.2 Å². The number of hydrogen-bond donors (Lipinski definition) is 2. The highest BCUT2D eigenvalue weighted by atomic mass is 35.5. The number of rotatable bonds is 5. The van der Waals surface area contributed by atoms with Gasteiger partial charge in [0.15, 0.2) is 5.11 Å². The van der Waals surface area contributed by atoms with Crippen LogP contribution in [-0.2, 0) is 6.54 Å². The van der Waals surface area contributed by atoms with Gasteiger partial charge in [0.05, 0.1) is 17.4 Å². The van der Waals surface area contributed by atoms with Crippen LogP contribution < -0.4 is 10.2 Å². The molecule has 160 valence electrons. The minimum Gasteiger partial charge on any atom is -0.506 e. The smallest absolute Gasteiger partial charge is 0.174 e. The molecule has 6 nitrogen and oxygen atoms in total. The van der Waals surface area contributed by atoms with Crippen LogP contribution in [-0.4, -0.2) is 24.8 Å². The lowest BCUT2D eigenvalue weighted by Crippen LogP contribution is -2.30. The summed E-state index contributed by atoms with van der Waals surface area (Å²) in [5.74, 6) is 0.107. The molecule has 0 radical (unpaired) electrons. The Hall–Kier alpha value is -3.42. The fourth-order valence-corrected chi connectivity index (χ4v) is 4.64. The Bertz CT molecular complexity index is 1250. The molecule has 0 amide bonds. The molecule has 0 bridgehead atoms. The van der Waals surface area contributed by atoms with Gasteiger partial charge in [0.25, 0.3) is 0 Å². The van der Waals surface area contributed by atoms with Crippen molar-refractivity contribution >= 4 is 34.6 Å². The first kappa shape index (κ1) is 20.5. The zero-order valence-electron chi connectivity index (χ0n) is 17.0. The highest BCUT2D eigenvalue weighted by molar-refractivity contribution is 7.80. The number of phenolic OH excluding ortho intramolecular Hbond substituents is 1. The maximum Gasteiger partial charge on any atom is 0.174 e. The summed E-state index contributed by atoms with van der Waals surface area (Å²) < 4.78 is 2.17. The first-order valence-corrected chi connectivity index (χ1v) is 10.9. The molecular weight excluding hydrogens is 442 g/mol. The highest BCUT2D eigenvalue weighted by Crippen LogP contribution is 2.45. The normalized spacial score (nSPS) is 18.0. The Kier molecular flexibility index (Phi) is 5.51. The minimum atomic E-state index is -0.256. The van der Waals surface area contributed by atoms with E-state index in [1.807, 2.05) is 53.7 Å². The summed E-state index contributed by atoms with van der Waals surface area (Å²) in [4.78, 5) is 10.7. The summed E-state index contributed by atoms with van der Waals surface area (Å²) in [5, 5.41) is 15.1. The van der Waals surface area contributed by atoms with Crippen molar-refractivity contribution in [3.8, 4) is 5.75 Å². The van der Waals surface area contributed by atoms with Crippen LogP contribution in [0.4, 0.5) is 5.69 Å². The first-order valence-electron chi connectivity index (χ1n) is 10.1. The van der Waals surface area contributed by atoms with Crippen molar-refractivity contribution in [2.24, 2.45) is 0 Å². The number of nitrogens with zero attached hydrogens (tertiary/aromatic N) is 4. The fraction of sp³-hybridized carbons (Fsp3) is 0.125. The molecule has 2 atom stereocenters. The van der Waals surface area contributed by atoms with Crippen LogP contribution in [0.1, 0.15) is 29.0 Å². The fourth-order valence-electron chi connectivity index (χ4n) is 4.13.